The van der Waals surface area contributed by atoms with Crippen LogP contribution in [-0.4, -0.2) is 12.1 Å². The highest BCUT2D eigenvalue weighted by Crippen LogP contribution is 2.48. The molecule has 20 heavy (non-hydrogen) atoms. The number of nitrogens with two attached hydrogens (primary N) is 1. The Balaban J connectivity index is 2.15. The lowest BCUT2D eigenvalue weighted by atomic mass is 10.0. The Morgan fingerprint density at radius 1 is 1.45 bits per heavy atom. The largest absolute Gasteiger partial charge is 0.459 e. The highest BCUT2D eigenvalue weighted by Gasteiger charge is 2.31. The van der Waals surface area contributed by atoms with Crippen molar-refractivity contribution in [2.24, 2.45) is 0 Å². The lowest BCUT2D eigenvalue weighted by Gasteiger charge is -2.10. The van der Waals surface area contributed by atoms with E-state index in [0.29, 0.717) is 10.6 Å². The van der Waals surface area contributed by atoms with Crippen molar-refractivity contribution in [3.63, 3.8) is 0 Å². The van der Waals surface area contributed by atoms with Crippen LogP contribution in [0.3, 0.4) is 0 Å². The van der Waals surface area contributed by atoms with Crippen LogP contribution < -0.4 is 5.73 Å². The summed E-state index contributed by atoms with van der Waals surface area (Å²) in [4.78, 5) is 13.4. The first-order valence-electron chi connectivity index (χ1n) is 6.39. The Morgan fingerprint density at radius 3 is 2.90 bits per heavy atom. The molecule has 1 heterocycles. The number of anilines is 1. The number of esters is 1. The summed E-state index contributed by atoms with van der Waals surface area (Å²) >= 11 is 5.05. The summed E-state index contributed by atoms with van der Waals surface area (Å²) in [5.74, 6) is -0.331. The van der Waals surface area contributed by atoms with E-state index in [1.807, 2.05) is 32.0 Å². The molecule has 1 aliphatic carbocycles. The van der Waals surface area contributed by atoms with E-state index in [0.717, 1.165) is 26.9 Å². The molecule has 0 bridgehead atoms. The van der Waals surface area contributed by atoms with Gasteiger partial charge in [0.15, 0.2) is 0 Å². The van der Waals surface area contributed by atoms with Gasteiger partial charge in [-0.3, -0.25) is 0 Å². The lowest BCUT2D eigenvalue weighted by Crippen LogP contribution is -2.13. The third-order valence-electron chi connectivity index (χ3n) is 3.28. The minimum atomic E-state index is -0.331. The Bertz CT molecular complexity index is 706. The number of ether oxygens (including phenoxy) is 1. The minimum absolute atomic E-state index is 0.152. The fourth-order valence-corrected chi connectivity index (χ4v) is 4.11. The molecule has 3 nitrogen and oxygen atoms in total. The summed E-state index contributed by atoms with van der Waals surface area (Å²) in [7, 11) is 0. The van der Waals surface area contributed by atoms with Crippen LogP contribution in [0.4, 0.5) is 5.00 Å². The van der Waals surface area contributed by atoms with Gasteiger partial charge in [-0.05, 0) is 31.0 Å². The maximum atomic E-state index is 12.3. The Hall–Kier alpha value is -1.33. The molecule has 2 aromatic rings. The van der Waals surface area contributed by atoms with Crippen molar-refractivity contribution in [2.75, 3.05) is 5.73 Å². The molecule has 104 valence electrons. The summed E-state index contributed by atoms with van der Waals surface area (Å²) in [5.41, 5.74) is 9.80. The second-order valence-corrected chi connectivity index (χ2v) is 7.03. The molecule has 0 amide bonds. The second-order valence-electron chi connectivity index (χ2n) is 5.04. The van der Waals surface area contributed by atoms with Crippen molar-refractivity contribution in [2.45, 2.75) is 26.4 Å². The minimum Gasteiger partial charge on any atom is -0.459 e. The zero-order valence-electron chi connectivity index (χ0n) is 11.2. The van der Waals surface area contributed by atoms with Crippen LogP contribution in [0.2, 0.25) is 0 Å². The zero-order valence-corrected chi connectivity index (χ0v) is 13.6. The Labute approximate surface area is 129 Å². The van der Waals surface area contributed by atoms with Crippen LogP contribution in [-0.2, 0) is 11.2 Å². The molecule has 0 saturated heterocycles. The van der Waals surface area contributed by atoms with Gasteiger partial charge < -0.3 is 10.5 Å². The van der Waals surface area contributed by atoms with Crippen molar-refractivity contribution in [1.29, 1.82) is 0 Å². The quantitative estimate of drug-likeness (QED) is 0.703. The van der Waals surface area contributed by atoms with E-state index in [-0.39, 0.29) is 12.1 Å². The maximum absolute atomic E-state index is 12.3. The molecule has 5 heteroatoms. The van der Waals surface area contributed by atoms with Crippen LogP contribution in [0.15, 0.2) is 22.7 Å². The number of carbonyl (C=O) groups excluding carboxylic acids is 1. The van der Waals surface area contributed by atoms with Gasteiger partial charge in [-0.2, -0.15) is 0 Å². The number of carbonyl (C=O) groups is 1. The van der Waals surface area contributed by atoms with E-state index in [9.17, 15) is 4.79 Å². The number of fused-ring (bicyclic) bond motifs is 3. The van der Waals surface area contributed by atoms with Crippen molar-refractivity contribution >= 4 is 38.2 Å². The van der Waals surface area contributed by atoms with E-state index in [1.165, 1.54) is 16.9 Å². The molecule has 2 N–H and O–H groups in total. The van der Waals surface area contributed by atoms with Crippen molar-refractivity contribution in [3.8, 4) is 11.1 Å². The first-order chi connectivity index (χ1) is 9.49. The van der Waals surface area contributed by atoms with Gasteiger partial charge in [-0.1, -0.05) is 28.1 Å². The topological polar surface area (TPSA) is 52.3 Å². The smallest absolute Gasteiger partial charge is 0.342 e. The van der Waals surface area contributed by atoms with Gasteiger partial charge in [0, 0.05) is 21.3 Å². The lowest BCUT2D eigenvalue weighted by molar-refractivity contribution is 0.0380. The van der Waals surface area contributed by atoms with Gasteiger partial charge in [-0.25, -0.2) is 4.79 Å². The summed E-state index contributed by atoms with van der Waals surface area (Å²) in [5, 5.41) is 0.547. The van der Waals surface area contributed by atoms with Gasteiger partial charge in [0.25, 0.3) is 0 Å². The molecule has 0 atom stereocenters. The molecule has 0 radical (unpaired) electrons. The van der Waals surface area contributed by atoms with Crippen molar-refractivity contribution in [3.05, 3.63) is 38.7 Å². The van der Waals surface area contributed by atoms with Crippen LogP contribution in [0.25, 0.3) is 11.1 Å². The first-order valence-corrected chi connectivity index (χ1v) is 8.00. The number of nitrogen functional groups attached to an aromatic ring is 1. The standard InChI is InChI=1S/C15H14BrNO2S/c1-7(2)19-15(18)13-12-8-4-3-5-10(16)9(8)6-11(12)20-14(13)17/h3-5,7H,6,17H2,1-2H3. The van der Waals surface area contributed by atoms with Crippen molar-refractivity contribution < 1.29 is 9.53 Å². The van der Waals surface area contributed by atoms with E-state index >= 15 is 0 Å². The summed E-state index contributed by atoms with van der Waals surface area (Å²) in [6, 6.07) is 6.03. The predicted octanol–water partition coefficient (Wildman–Crippen LogP) is 4.23. The zero-order chi connectivity index (χ0) is 14.4. The average Bonchev–Trinajstić information content (AvgIpc) is 2.84. The molecule has 1 aliphatic rings. The monoisotopic (exact) mass is 351 g/mol. The number of halogens is 1. The molecular weight excluding hydrogens is 338 g/mol. The Kier molecular flexibility index (Phi) is 3.34. The molecule has 0 spiro atoms. The molecular formula is C15H14BrNO2S. The van der Waals surface area contributed by atoms with Gasteiger partial charge in [-0.15, -0.1) is 11.3 Å². The van der Waals surface area contributed by atoms with E-state index in [2.05, 4.69) is 15.9 Å². The highest BCUT2D eigenvalue weighted by atomic mass is 79.9. The van der Waals surface area contributed by atoms with Crippen LogP contribution in [0.5, 0.6) is 0 Å². The summed E-state index contributed by atoms with van der Waals surface area (Å²) in [6.45, 7) is 3.68. The van der Waals surface area contributed by atoms with Gasteiger partial charge in [0.05, 0.1) is 6.10 Å². The number of hydrogen-bond acceptors (Lipinski definition) is 4. The molecule has 0 fully saturated rings. The summed E-state index contributed by atoms with van der Waals surface area (Å²) < 4.78 is 6.39. The molecule has 0 aliphatic heterocycles. The average molecular weight is 352 g/mol. The normalized spacial score (nSPS) is 12.4. The molecule has 1 aromatic carbocycles. The number of thiophene rings is 1. The predicted molar refractivity (Wildman–Crippen MR) is 85.2 cm³/mol. The highest BCUT2D eigenvalue weighted by molar-refractivity contribution is 9.10. The van der Waals surface area contributed by atoms with Crippen LogP contribution >= 0.6 is 27.3 Å². The van der Waals surface area contributed by atoms with E-state index < -0.39 is 0 Å². The molecule has 0 saturated carbocycles. The first kappa shape index (κ1) is 13.6. The molecule has 1 aromatic heterocycles. The maximum Gasteiger partial charge on any atom is 0.342 e. The van der Waals surface area contributed by atoms with E-state index in [4.69, 9.17) is 10.5 Å². The van der Waals surface area contributed by atoms with E-state index in [1.54, 1.807) is 0 Å². The summed E-state index contributed by atoms with van der Waals surface area (Å²) in [6.07, 6.45) is 0.663. The third-order valence-corrected chi connectivity index (χ3v) is 5.04. The fraction of sp³-hybridized carbons (Fsp3) is 0.267. The SMILES string of the molecule is CC(C)OC(=O)c1c(N)sc2c1-c1cccc(Br)c1C2. The molecule has 3 rings (SSSR count). The number of hydrogen-bond donors (Lipinski definition) is 1. The Morgan fingerprint density at radius 2 is 2.20 bits per heavy atom. The number of benzene rings is 1. The van der Waals surface area contributed by atoms with Gasteiger partial charge in [0.1, 0.15) is 10.6 Å². The number of rotatable bonds is 2. The molecule has 0 unspecified atom stereocenters. The second kappa shape index (κ2) is 4.90. The third kappa shape index (κ3) is 2.05. The van der Waals surface area contributed by atoms with Gasteiger partial charge >= 0.3 is 5.97 Å². The van der Waals surface area contributed by atoms with Crippen LogP contribution in [0, 0.1) is 0 Å². The fourth-order valence-electron chi connectivity index (χ4n) is 2.52. The van der Waals surface area contributed by atoms with Crippen molar-refractivity contribution in [1.82, 2.24) is 0 Å². The van der Waals surface area contributed by atoms with Gasteiger partial charge in [0.2, 0.25) is 0 Å². The van der Waals surface area contributed by atoms with Crippen LogP contribution in [0.1, 0.15) is 34.6 Å².